The summed E-state index contributed by atoms with van der Waals surface area (Å²) >= 11 is 1.47. The topological polar surface area (TPSA) is 67.4 Å². The molecule has 7 heteroatoms. The molecule has 6 nitrogen and oxygen atoms in total. The van der Waals surface area contributed by atoms with Crippen LogP contribution in [0.4, 0.5) is 5.82 Å². The van der Waals surface area contributed by atoms with Gasteiger partial charge in [-0.25, -0.2) is 9.97 Å². The van der Waals surface area contributed by atoms with Crippen LogP contribution in [0.15, 0.2) is 17.5 Å². The van der Waals surface area contributed by atoms with Crippen molar-refractivity contribution in [2.45, 2.75) is 19.9 Å². The normalized spacial score (nSPS) is 18.0. The molecule has 2 aromatic rings. The summed E-state index contributed by atoms with van der Waals surface area (Å²) in [5.74, 6) is 1.40. The van der Waals surface area contributed by atoms with Crippen molar-refractivity contribution in [2.75, 3.05) is 32.1 Å². The number of rotatable bonds is 3. The van der Waals surface area contributed by atoms with E-state index in [1.165, 1.54) is 11.3 Å². The molecule has 0 aromatic carbocycles. The Bertz CT molecular complexity index is 716. The van der Waals surface area contributed by atoms with Gasteiger partial charge in [0.25, 0.3) is 5.91 Å². The van der Waals surface area contributed by atoms with Gasteiger partial charge >= 0.3 is 0 Å². The van der Waals surface area contributed by atoms with E-state index in [0.717, 1.165) is 22.0 Å². The molecule has 0 aliphatic carbocycles. The highest BCUT2D eigenvalue weighted by Crippen LogP contribution is 2.27. The Morgan fingerprint density at radius 3 is 2.96 bits per heavy atom. The zero-order chi connectivity index (χ0) is 16.4. The summed E-state index contributed by atoms with van der Waals surface area (Å²) < 4.78 is 5.59. The molecule has 0 bridgehead atoms. The Labute approximate surface area is 139 Å². The van der Waals surface area contributed by atoms with Crippen LogP contribution in [0.25, 0.3) is 0 Å². The number of aromatic nitrogens is 2. The second-order valence-electron chi connectivity index (χ2n) is 5.52. The molecule has 1 atom stereocenters. The van der Waals surface area contributed by atoms with Crippen LogP contribution >= 0.6 is 11.3 Å². The number of carbonyl (C=O) groups is 1. The number of nitrogens with zero attached hydrogens (tertiary/aromatic N) is 3. The highest BCUT2D eigenvalue weighted by molar-refractivity contribution is 7.12. The largest absolute Gasteiger partial charge is 0.377 e. The van der Waals surface area contributed by atoms with Gasteiger partial charge in [-0.2, -0.15) is 0 Å². The van der Waals surface area contributed by atoms with E-state index in [1.807, 2.05) is 43.3 Å². The van der Waals surface area contributed by atoms with Gasteiger partial charge in [0.1, 0.15) is 11.9 Å². The monoisotopic (exact) mass is 332 g/mol. The first-order chi connectivity index (χ1) is 11.1. The van der Waals surface area contributed by atoms with Crippen LogP contribution in [-0.2, 0) is 4.74 Å². The van der Waals surface area contributed by atoms with E-state index in [4.69, 9.17) is 4.74 Å². The third-order valence-electron chi connectivity index (χ3n) is 3.87. The fourth-order valence-electron chi connectivity index (χ4n) is 2.65. The number of ether oxygens (including phenoxy) is 1. The van der Waals surface area contributed by atoms with Crippen molar-refractivity contribution in [3.8, 4) is 0 Å². The van der Waals surface area contributed by atoms with Crippen molar-refractivity contribution in [1.82, 2.24) is 14.9 Å². The van der Waals surface area contributed by atoms with Crippen LogP contribution in [0.3, 0.4) is 0 Å². The van der Waals surface area contributed by atoms with Gasteiger partial charge < -0.3 is 15.0 Å². The van der Waals surface area contributed by atoms with Gasteiger partial charge in [-0.1, -0.05) is 0 Å². The van der Waals surface area contributed by atoms with Crippen LogP contribution in [0.2, 0.25) is 0 Å². The van der Waals surface area contributed by atoms with Crippen molar-refractivity contribution in [3.05, 3.63) is 39.5 Å². The van der Waals surface area contributed by atoms with Gasteiger partial charge in [-0.05, 0) is 30.9 Å². The number of thiophene rings is 1. The number of nitrogens with one attached hydrogen (secondary N) is 1. The maximum Gasteiger partial charge on any atom is 0.264 e. The molecule has 122 valence electrons. The fraction of sp³-hybridized carbons (Fsp3) is 0.438. The van der Waals surface area contributed by atoms with E-state index in [1.54, 1.807) is 0 Å². The highest BCUT2D eigenvalue weighted by Gasteiger charge is 2.32. The van der Waals surface area contributed by atoms with Crippen molar-refractivity contribution in [1.29, 1.82) is 0 Å². The average Bonchev–Trinajstić information content (AvgIpc) is 2.99. The first kappa shape index (κ1) is 15.9. The number of hydrogen-bond donors (Lipinski definition) is 1. The summed E-state index contributed by atoms with van der Waals surface area (Å²) in [4.78, 5) is 24.6. The Morgan fingerprint density at radius 1 is 1.43 bits per heavy atom. The Kier molecular flexibility index (Phi) is 4.58. The third kappa shape index (κ3) is 3.20. The summed E-state index contributed by atoms with van der Waals surface area (Å²) in [6.45, 7) is 5.39. The van der Waals surface area contributed by atoms with Gasteiger partial charge in [0, 0.05) is 25.4 Å². The predicted octanol–water partition coefficient (Wildman–Crippen LogP) is 2.41. The summed E-state index contributed by atoms with van der Waals surface area (Å²) in [7, 11) is 1.82. The maximum atomic E-state index is 12.9. The molecule has 0 unspecified atom stereocenters. The van der Waals surface area contributed by atoms with Crippen LogP contribution in [0.1, 0.15) is 32.8 Å². The molecule has 1 aliphatic heterocycles. The number of amides is 1. The number of carbonyl (C=O) groups excluding carboxylic acids is 1. The zero-order valence-corrected chi connectivity index (χ0v) is 14.3. The molecule has 3 rings (SSSR count). The first-order valence-electron chi connectivity index (χ1n) is 7.56. The SMILES string of the molecule is CNc1cc(C)nc([C@H]2COCCN2C(=O)c2sccc2C)n1. The highest BCUT2D eigenvalue weighted by atomic mass is 32.1. The average molecular weight is 332 g/mol. The van der Waals surface area contributed by atoms with E-state index in [2.05, 4.69) is 15.3 Å². The standard InChI is InChI=1S/C16H20N4O2S/c1-10-4-7-23-14(10)16(21)20-5-6-22-9-12(20)15-18-11(2)8-13(17-3)19-15/h4,7-8,12H,5-6,9H2,1-3H3,(H,17,18,19)/t12-/m1/s1. The first-order valence-corrected chi connectivity index (χ1v) is 8.44. The van der Waals surface area contributed by atoms with E-state index in [9.17, 15) is 4.79 Å². The molecular weight excluding hydrogens is 312 g/mol. The molecule has 2 aromatic heterocycles. The maximum absolute atomic E-state index is 12.9. The summed E-state index contributed by atoms with van der Waals surface area (Å²) in [6.07, 6.45) is 0. The predicted molar refractivity (Wildman–Crippen MR) is 90.0 cm³/mol. The van der Waals surface area contributed by atoms with Crippen molar-refractivity contribution >= 4 is 23.1 Å². The smallest absolute Gasteiger partial charge is 0.264 e. The summed E-state index contributed by atoms with van der Waals surface area (Å²) in [5.41, 5.74) is 1.87. The van der Waals surface area contributed by atoms with E-state index >= 15 is 0 Å². The Balaban J connectivity index is 1.94. The van der Waals surface area contributed by atoms with E-state index in [0.29, 0.717) is 25.6 Å². The minimum Gasteiger partial charge on any atom is -0.377 e. The summed E-state index contributed by atoms with van der Waals surface area (Å²) in [5, 5.41) is 4.98. The lowest BCUT2D eigenvalue weighted by Crippen LogP contribution is -2.44. The molecule has 0 saturated carbocycles. The van der Waals surface area contributed by atoms with Crippen molar-refractivity contribution < 1.29 is 9.53 Å². The molecule has 1 amide bonds. The van der Waals surface area contributed by atoms with Crippen molar-refractivity contribution in [3.63, 3.8) is 0 Å². The van der Waals surface area contributed by atoms with E-state index in [-0.39, 0.29) is 11.9 Å². The molecule has 1 saturated heterocycles. The van der Waals surface area contributed by atoms with Crippen LogP contribution < -0.4 is 5.32 Å². The summed E-state index contributed by atoms with van der Waals surface area (Å²) in [6, 6.07) is 3.59. The van der Waals surface area contributed by atoms with E-state index < -0.39 is 0 Å². The molecule has 3 heterocycles. The zero-order valence-electron chi connectivity index (χ0n) is 13.5. The van der Waals surface area contributed by atoms with Gasteiger partial charge in [0.15, 0.2) is 5.82 Å². The minimum absolute atomic E-state index is 0.0295. The number of hydrogen-bond acceptors (Lipinski definition) is 6. The Morgan fingerprint density at radius 2 is 2.26 bits per heavy atom. The Hall–Kier alpha value is -1.99. The number of morpholine rings is 1. The fourth-order valence-corrected chi connectivity index (χ4v) is 3.53. The molecular formula is C16H20N4O2S. The molecule has 0 spiro atoms. The number of anilines is 1. The van der Waals surface area contributed by atoms with Crippen molar-refractivity contribution in [2.24, 2.45) is 0 Å². The quantitative estimate of drug-likeness (QED) is 0.935. The lowest BCUT2D eigenvalue weighted by Gasteiger charge is -2.34. The van der Waals surface area contributed by atoms with Crippen LogP contribution in [-0.4, -0.2) is 47.6 Å². The molecule has 23 heavy (non-hydrogen) atoms. The molecule has 1 aliphatic rings. The van der Waals surface area contributed by atoms with Crippen LogP contribution in [0, 0.1) is 13.8 Å². The van der Waals surface area contributed by atoms with Gasteiger partial charge in [-0.3, -0.25) is 4.79 Å². The molecule has 1 fully saturated rings. The number of aryl methyl sites for hydroxylation is 2. The lowest BCUT2D eigenvalue weighted by atomic mass is 10.1. The second kappa shape index (κ2) is 6.64. The minimum atomic E-state index is -0.259. The van der Waals surface area contributed by atoms with Gasteiger partial charge in [0.05, 0.1) is 18.1 Å². The van der Waals surface area contributed by atoms with Gasteiger partial charge in [-0.15, -0.1) is 11.3 Å². The molecule has 1 N–H and O–H groups in total. The lowest BCUT2D eigenvalue weighted by molar-refractivity contribution is -0.00500. The van der Waals surface area contributed by atoms with Gasteiger partial charge in [0.2, 0.25) is 0 Å². The van der Waals surface area contributed by atoms with Crippen LogP contribution in [0.5, 0.6) is 0 Å². The third-order valence-corrected chi connectivity index (χ3v) is 4.88. The molecule has 0 radical (unpaired) electrons. The second-order valence-corrected chi connectivity index (χ2v) is 6.44.